The maximum absolute atomic E-state index is 10.8. The van der Waals surface area contributed by atoms with E-state index in [2.05, 4.69) is 10.9 Å². The van der Waals surface area contributed by atoms with Gasteiger partial charge in [0.25, 0.3) is 0 Å². The molecule has 136 valence electrons. The summed E-state index contributed by atoms with van der Waals surface area (Å²) in [5.74, 6) is 0. The molecular formula is C11H21NO9S2. The maximum atomic E-state index is 10.8. The van der Waals surface area contributed by atoms with Gasteiger partial charge in [-0.2, -0.15) is 17.8 Å². The summed E-state index contributed by atoms with van der Waals surface area (Å²) < 4.78 is 39.9. The first-order chi connectivity index (χ1) is 10.6. The molecule has 1 aliphatic rings. The molecule has 1 heterocycles. The van der Waals surface area contributed by atoms with Crippen molar-refractivity contribution in [1.29, 1.82) is 0 Å². The van der Waals surface area contributed by atoms with Gasteiger partial charge >= 0.3 is 10.4 Å². The van der Waals surface area contributed by atoms with Crippen molar-refractivity contribution in [3.05, 3.63) is 12.7 Å². The highest BCUT2D eigenvalue weighted by Crippen LogP contribution is 2.33. The van der Waals surface area contributed by atoms with E-state index in [9.17, 15) is 23.7 Å². The molecule has 0 aromatic heterocycles. The number of hydrogen-bond acceptors (Lipinski definition) is 10. The van der Waals surface area contributed by atoms with Crippen molar-refractivity contribution in [2.24, 2.45) is 0 Å². The van der Waals surface area contributed by atoms with Gasteiger partial charge < -0.3 is 25.2 Å². The molecule has 12 heteroatoms. The summed E-state index contributed by atoms with van der Waals surface area (Å²) in [5, 5.41) is 38.6. The molecule has 0 aromatic carbocycles. The molecule has 6 atom stereocenters. The first-order valence-electron chi connectivity index (χ1n) is 6.57. The van der Waals surface area contributed by atoms with Crippen LogP contribution in [0, 0.1) is 0 Å². The lowest BCUT2D eigenvalue weighted by molar-refractivity contribution is -0.206. The van der Waals surface area contributed by atoms with Gasteiger partial charge in [-0.05, 0) is 6.42 Å². The highest BCUT2D eigenvalue weighted by molar-refractivity contribution is 8.00. The largest absolute Gasteiger partial charge is 0.413 e. The zero-order valence-corrected chi connectivity index (χ0v) is 13.9. The molecule has 0 spiro atoms. The molecule has 1 fully saturated rings. The smallest absolute Gasteiger partial charge is 0.394 e. The van der Waals surface area contributed by atoms with Gasteiger partial charge in [-0.25, -0.2) is 0 Å². The minimum absolute atomic E-state index is 0.186. The second kappa shape index (κ2) is 8.71. The van der Waals surface area contributed by atoms with Gasteiger partial charge in [0.05, 0.1) is 12.0 Å². The normalized spacial score (nSPS) is 33.6. The van der Waals surface area contributed by atoms with E-state index in [0.29, 0.717) is 0 Å². The quantitative estimate of drug-likeness (QED) is 0.139. The van der Waals surface area contributed by atoms with E-state index in [4.69, 9.17) is 14.4 Å². The number of ether oxygens (including phenoxy) is 1. The van der Waals surface area contributed by atoms with Gasteiger partial charge in [0.1, 0.15) is 29.9 Å². The summed E-state index contributed by atoms with van der Waals surface area (Å²) in [6, 6.07) is 0. The van der Waals surface area contributed by atoms with Crippen LogP contribution in [0.25, 0.3) is 0 Å². The Balaban J connectivity index is 2.83. The van der Waals surface area contributed by atoms with Gasteiger partial charge in [-0.1, -0.05) is 6.08 Å². The number of aliphatic hydroxyl groups is 4. The highest BCUT2D eigenvalue weighted by Gasteiger charge is 2.44. The molecule has 0 aromatic rings. The van der Waals surface area contributed by atoms with Crippen LogP contribution in [-0.2, 0) is 19.4 Å². The molecule has 23 heavy (non-hydrogen) atoms. The predicted molar refractivity (Wildman–Crippen MR) is 80.4 cm³/mol. The van der Waals surface area contributed by atoms with Gasteiger partial charge in [0, 0.05) is 7.05 Å². The molecule has 5 N–H and O–H groups in total. The molecule has 0 radical (unpaired) electrons. The number of hydrogen-bond donors (Lipinski definition) is 5. The molecule has 0 saturated carbocycles. The first kappa shape index (κ1) is 20.8. The van der Waals surface area contributed by atoms with E-state index in [0.717, 1.165) is 16.8 Å². The highest BCUT2D eigenvalue weighted by atomic mass is 32.3. The summed E-state index contributed by atoms with van der Waals surface area (Å²) in [6.07, 6.45) is -3.96. The zero-order chi connectivity index (χ0) is 17.8. The van der Waals surface area contributed by atoms with Crippen LogP contribution < -0.4 is 0 Å². The summed E-state index contributed by atoms with van der Waals surface area (Å²) in [6.45, 7) is 2.93. The van der Waals surface area contributed by atoms with Gasteiger partial charge in [-0.15, -0.1) is 18.3 Å². The molecule has 0 bridgehead atoms. The summed E-state index contributed by atoms with van der Waals surface area (Å²) in [7, 11) is -3.50. The molecule has 1 aliphatic heterocycles. The SMILES string of the molecule is C=CC[C@H](S[C@@H]1O[C@H](CO)[C@@H](O)[C@H](O)[C@H]1O)N(C)OS(=O)(=O)O. The van der Waals surface area contributed by atoms with Crippen LogP contribution in [0.15, 0.2) is 12.7 Å². The molecule has 10 nitrogen and oxygen atoms in total. The number of aliphatic hydroxyl groups excluding tert-OH is 4. The van der Waals surface area contributed by atoms with E-state index >= 15 is 0 Å². The van der Waals surface area contributed by atoms with Gasteiger partial charge in [-0.3, -0.25) is 4.55 Å². The lowest BCUT2D eigenvalue weighted by Crippen LogP contribution is -2.58. The summed E-state index contributed by atoms with van der Waals surface area (Å²) >= 11 is 0.872. The van der Waals surface area contributed by atoms with E-state index in [1.807, 2.05) is 0 Å². The summed E-state index contributed by atoms with van der Waals surface area (Å²) in [4.78, 5) is 0. The van der Waals surface area contributed by atoms with Crippen LogP contribution in [0.4, 0.5) is 0 Å². The third-order valence-electron chi connectivity index (χ3n) is 3.13. The maximum Gasteiger partial charge on any atom is 0.413 e. The molecule has 1 saturated heterocycles. The van der Waals surface area contributed by atoms with E-state index in [1.54, 1.807) is 0 Å². The summed E-state index contributed by atoms with van der Waals surface area (Å²) in [5.41, 5.74) is -1.08. The van der Waals surface area contributed by atoms with Crippen LogP contribution in [0.1, 0.15) is 6.42 Å². The zero-order valence-electron chi connectivity index (χ0n) is 12.3. The van der Waals surface area contributed by atoms with E-state index < -0.39 is 52.2 Å². The Hall–Kier alpha value is -0.280. The van der Waals surface area contributed by atoms with Crippen LogP contribution in [0.2, 0.25) is 0 Å². The van der Waals surface area contributed by atoms with Crippen molar-refractivity contribution in [3.8, 4) is 0 Å². The Morgan fingerprint density at radius 3 is 2.43 bits per heavy atom. The fourth-order valence-corrected chi connectivity index (χ4v) is 3.72. The Bertz CT molecular complexity index is 486. The minimum Gasteiger partial charge on any atom is -0.394 e. The predicted octanol–water partition coefficient (Wildman–Crippen LogP) is -1.91. The van der Waals surface area contributed by atoms with Gasteiger partial charge in [0.15, 0.2) is 0 Å². The van der Waals surface area contributed by atoms with E-state index in [-0.39, 0.29) is 6.42 Å². The topological polar surface area (TPSA) is 157 Å². The Morgan fingerprint density at radius 2 is 1.96 bits per heavy atom. The van der Waals surface area contributed by atoms with Crippen molar-refractivity contribution in [1.82, 2.24) is 5.06 Å². The number of thioether (sulfide) groups is 1. The lowest BCUT2D eigenvalue weighted by Gasteiger charge is -2.41. The average molecular weight is 375 g/mol. The fourth-order valence-electron chi connectivity index (χ4n) is 1.96. The minimum atomic E-state index is -4.73. The van der Waals surface area contributed by atoms with Crippen LogP contribution in [0.3, 0.4) is 0 Å². The number of rotatable bonds is 8. The third kappa shape index (κ3) is 5.94. The van der Waals surface area contributed by atoms with Crippen LogP contribution in [0.5, 0.6) is 0 Å². The fraction of sp³-hybridized carbons (Fsp3) is 0.818. The van der Waals surface area contributed by atoms with Crippen molar-refractivity contribution in [2.75, 3.05) is 13.7 Å². The second-order valence-corrected chi connectivity index (χ2v) is 7.15. The Kier molecular flexibility index (Phi) is 7.86. The third-order valence-corrected chi connectivity index (χ3v) is 5.01. The van der Waals surface area contributed by atoms with Crippen LogP contribution in [-0.4, -0.2) is 87.3 Å². The molecule has 1 rings (SSSR count). The molecule has 0 amide bonds. The second-order valence-electron chi connectivity index (χ2n) is 4.86. The molecule has 0 aliphatic carbocycles. The van der Waals surface area contributed by atoms with Crippen molar-refractivity contribution in [2.45, 2.75) is 41.6 Å². The van der Waals surface area contributed by atoms with Crippen molar-refractivity contribution >= 4 is 22.2 Å². The average Bonchev–Trinajstić information content (AvgIpc) is 2.45. The van der Waals surface area contributed by atoms with Crippen molar-refractivity contribution < 1.29 is 42.4 Å². The van der Waals surface area contributed by atoms with E-state index in [1.165, 1.54) is 13.1 Å². The monoisotopic (exact) mass is 375 g/mol. The number of nitrogens with zero attached hydrogens (tertiary/aromatic N) is 1. The van der Waals surface area contributed by atoms with Crippen LogP contribution >= 0.6 is 11.8 Å². The first-order valence-corrected chi connectivity index (χ1v) is 8.88. The van der Waals surface area contributed by atoms with Gasteiger partial charge in [0.2, 0.25) is 0 Å². The Morgan fingerprint density at radius 1 is 1.35 bits per heavy atom. The Labute approximate surface area is 138 Å². The standard InChI is InChI=1S/C11H21NO9S2/c1-3-4-7(12(2)21-23(17,18)19)22-11-10(16)9(15)8(14)6(5-13)20-11/h3,6-11,13-16H,1,4-5H2,2H3,(H,17,18,19)/t6-,7+,8-,9+,10-,11+/m1/s1. The number of hydroxylamine groups is 2. The van der Waals surface area contributed by atoms with Crippen molar-refractivity contribution in [3.63, 3.8) is 0 Å². The molecule has 0 unspecified atom stereocenters. The lowest BCUT2D eigenvalue weighted by atomic mass is 10.0. The molecular weight excluding hydrogens is 354 g/mol.